The third-order valence-electron chi connectivity index (χ3n) is 4.75. The van der Waals surface area contributed by atoms with Crippen LogP contribution in [0.4, 0.5) is 5.69 Å². The van der Waals surface area contributed by atoms with E-state index in [4.69, 9.17) is 42.1 Å². The number of hydrogen-bond donors (Lipinski definition) is 1. The lowest BCUT2D eigenvalue weighted by atomic mass is 10.2. The quantitative estimate of drug-likeness (QED) is 0.297. The first kappa shape index (κ1) is 25.2. The average molecular weight is 504 g/mol. The lowest BCUT2D eigenvalue weighted by molar-refractivity contribution is -0.166. The lowest BCUT2D eigenvalue weighted by Crippen LogP contribution is -2.36. The summed E-state index contributed by atoms with van der Waals surface area (Å²) >= 11 is 12.4. The van der Waals surface area contributed by atoms with Crippen molar-refractivity contribution in [3.63, 3.8) is 0 Å². The maximum Gasteiger partial charge on any atom is 0.369 e. The molecule has 3 aromatic rings. The Morgan fingerprint density at radius 2 is 1.62 bits per heavy atom. The van der Waals surface area contributed by atoms with Crippen molar-refractivity contribution in [3.05, 3.63) is 87.9 Å². The van der Waals surface area contributed by atoms with Crippen LogP contribution in [0, 0.1) is 0 Å². The Kier molecular flexibility index (Phi) is 9.01. The number of anilines is 1. The molecule has 0 radical (unpaired) electrons. The Bertz CT molecular complexity index is 1120. The van der Waals surface area contributed by atoms with Gasteiger partial charge in [-0.3, -0.25) is 4.79 Å². The number of esters is 2. The van der Waals surface area contributed by atoms with Crippen molar-refractivity contribution in [1.82, 2.24) is 0 Å². The number of rotatable bonds is 10. The molecule has 0 fully saturated rings. The van der Waals surface area contributed by atoms with Crippen molar-refractivity contribution in [2.45, 2.75) is 19.3 Å². The van der Waals surface area contributed by atoms with Gasteiger partial charge in [-0.2, -0.15) is 0 Å². The Morgan fingerprint density at radius 1 is 0.912 bits per heavy atom. The molecule has 178 valence electrons. The highest BCUT2D eigenvalue weighted by atomic mass is 35.5. The number of para-hydroxylation sites is 1. The standard InChI is InChI=1S/C25H23Cl2NO6/c1-31-18-11-12-21(32-2)17(14-18)15-33-25(30)24(28-23-19(26)9-6-10-20(23)27)34-22(29)13-16-7-4-3-5-8-16/h3-12,14,24,28H,13,15H2,1-2H3. The van der Waals surface area contributed by atoms with E-state index in [1.165, 1.54) is 14.2 Å². The van der Waals surface area contributed by atoms with Gasteiger partial charge in [-0.15, -0.1) is 0 Å². The van der Waals surface area contributed by atoms with Crippen LogP contribution in [0.2, 0.25) is 10.0 Å². The molecular formula is C25H23Cl2NO6. The molecule has 3 rings (SSSR count). The van der Waals surface area contributed by atoms with Crippen molar-refractivity contribution >= 4 is 40.8 Å². The maximum atomic E-state index is 13.0. The number of carbonyl (C=O) groups excluding carboxylic acids is 2. The van der Waals surface area contributed by atoms with Crippen molar-refractivity contribution in [1.29, 1.82) is 0 Å². The molecule has 0 amide bonds. The van der Waals surface area contributed by atoms with Gasteiger partial charge in [0.25, 0.3) is 6.23 Å². The van der Waals surface area contributed by atoms with E-state index in [9.17, 15) is 9.59 Å². The summed E-state index contributed by atoms with van der Waals surface area (Å²) in [7, 11) is 3.03. The van der Waals surface area contributed by atoms with Crippen LogP contribution in [0.15, 0.2) is 66.7 Å². The Hall–Kier alpha value is -3.42. The monoisotopic (exact) mass is 503 g/mol. The molecule has 0 saturated heterocycles. The van der Waals surface area contributed by atoms with E-state index >= 15 is 0 Å². The summed E-state index contributed by atoms with van der Waals surface area (Å²) in [4.78, 5) is 25.5. The van der Waals surface area contributed by atoms with Crippen molar-refractivity contribution < 1.29 is 28.5 Å². The van der Waals surface area contributed by atoms with Crippen LogP contribution >= 0.6 is 23.2 Å². The molecule has 0 aliphatic heterocycles. The number of methoxy groups -OCH3 is 2. The van der Waals surface area contributed by atoms with E-state index in [0.717, 1.165) is 5.56 Å². The number of benzene rings is 3. The number of hydrogen-bond acceptors (Lipinski definition) is 7. The summed E-state index contributed by atoms with van der Waals surface area (Å²) in [6.45, 7) is -0.149. The predicted molar refractivity (Wildman–Crippen MR) is 129 cm³/mol. The first-order valence-electron chi connectivity index (χ1n) is 10.2. The van der Waals surface area contributed by atoms with Crippen LogP contribution in [0.5, 0.6) is 11.5 Å². The molecule has 1 atom stereocenters. The number of halogens is 2. The summed E-state index contributed by atoms with van der Waals surface area (Å²) in [5.41, 5.74) is 1.54. The second-order valence-electron chi connectivity index (χ2n) is 7.06. The van der Waals surface area contributed by atoms with Gasteiger partial charge in [-0.05, 0) is 35.9 Å². The van der Waals surface area contributed by atoms with Gasteiger partial charge in [0.1, 0.15) is 18.1 Å². The minimum absolute atomic E-state index is 0.0355. The van der Waals surface area contributed by atoms with Crippen molar-refractivity contribution in [2.75, 3.05) is 19.5 Å². The molecule has 3 aromatic carbocycles. The molecule has 0 aliphatic carbocycles. The lowest BCUT2D eigenvalue weighted by Gasteiger charge is -2.21. The summed E-state index contributed by atoms with van der Waals surface area (Å²) < 4.78 is 21.4. The largest absolute Gasteiger partial charge is 0.497 e. The highest BCUT2D eigenvalue weighted by Crippen LogP contribution is 2.31. The SMILES string of the molecule is COc1ccc(OC)c(COC(=O)C(Nc2c(Cl)cccc2Cl)OC(=O)Cc2ccccc2)c1. The third kappa shape index (κ3) is 6.79. The van der Waals surface area contributed by atoms with Gasteiger partial charge >= 0.3 is 11.9 Å². The minimum Gasteiger partial charge on any atom is -0.497 e. The summed E-state index contributed by atoms with van der Waals surface area (Å²) in [6.07, 6.45) is -1.53. The maximum absolute atomic E-state index is 13.0. The fourth-order valence-electron chi connectivity index (χ4n) is 3.06. The van der Waals surface area contributed by atoms with E-state index in [-0.39, 0.29) is 28.8 Å². The molecule has 0 aromatic heterocycles. The van der Waals surface area contributed by atoms with Gasteiger partial charge in [0, 0.05) is 5.56 Å². The summed E-state index contributed by atoms with van der Waals surface area (Å²) in [5.74, 6) is -0.406. The average Bonchev–Trinajstić information content (AvgIpc) is 2.84. The normalized spacial score (nSPS) is 11.3. The molecule has 0 heterocycles. The molecule has 0 bridgehead atoms. The zero-order valence-corrected chi connectivity index (χ0v) is 20.1. The second kappa shape index (κ2) is 12.2. The topological polar surface area (TPSA) is 83.1 Å². The molecule has 0 saturated carbocycles. The van der Waals surface area contributed by atoms with Crippen LogP contribution in [-0.4, -0.2) is 32.4 Å². The molecule has 0 spiro atoms. The van der Waals surface area contributed by atoms with Crippen molar-refractivity contribution in [2.24, 2.45) is 0 Å². The zero-order chi connectivity index (χ0) is 24.5. The number of nitrogens with one attached hydrogen (secondary N) is 1. The van der Waals surface area contributed by atoms with Gasteiger partial charge in [0.05, 0.1) is 36.4 Å². The van der Waals surface area contributed by atoms with E-state index in [2.05, 4.69) is 5.32 Å². The zero-order valence-electron chi connectivity index (χ0n) is 18.5. The molecule has 34 heavy (non-hydrogen) atoms. The first-order valence-corrected chi connectivity index (χ1v) is 11.0. The van der Waals surface area contributed by atoms with E-state index in [1.807, 2.05) is 6.07 Å². The number of ether oxygens (including phenoxy) is 4. The van der Waals surface area contributed by atoms with Gasteiger partial charge in [0.15, 0.2) is 0 Å². The minimum atomic E-state index is -1.50. The van der Waals surface area contributed by atoms with Crippen LogP contribution in [0.3, 0.4) is 0 Å². The van der Waals surface area contributed by atoms with Crippen molar-refractivity contribution in [3.8, 4) is 11.5 Å². The molecule has 1 N–H and O–H groups in total. The van der Waals surface area contributed by atoms with Crippen LogP contribution < -0.4 is 14.8 Å². The Labute approximate surface area is 207 Å². The molecule has 9 heteroatoms. The number of carbonyl (C=O) groups is 2. The van der Waals surface area contributed by atoms with Gasteiger partial charge in [-0.1, -0.05) is 59.6 Å². The third-order valence-corrected chi connectivity index (χ3v) is 5.38. The van der Waals surface area contributed by atoms with Gasteiger partial charge in [-0.25, -0.2) is 4.79 Å². The van der Waals surface area contributed by atoms with Gasteiger partial charge < -0.3 is 24.3 Å². The van der Waals surface area contributed by atoms with Gasteiger partial charge in [0.2, 0.25) is 0 Å². The summed E-state index contributed by atoms with van der Waals surface area (Å²) in [5, 5.41) is 3.28. The van der Waals surface area contributed by atoms with E-state index in [1.54, 1.807) is 60.7 Å². The summed E-state index contributed by atoms with van der Waals surface area (Å²) in [6, 6.07) is 18.9. The highest BCUT2D eigenvalue weighted by molar-refractivity contribution is 6.39. The Morgan fingerprint density at radius 3 is 2.26 bits per heavy atom. The first-order chi connectivity index (χ1) is 16.4. The van der Waals surface area contributed by atoms with E-state index < -0.39 is 18.2 Å². The predicted octanol–water partition coefficient (Wildman–Crippen LogP) is 5.28. The highest BCUT2D eigenvalue weighted by Gasteiger charge is 2.27. The Balaban J connectivity index is 1.78. The fourth-order valence-corrected chi connectivity index (χ4v) is 3.56. The second-order valence-corrected chi connectivity index (χ2v) is 7.87. The van der Waals surface area contributed by atoms with Crippen LogP contribution in [0.25, 0.3) is 0 Å². The molecule has 7 nitrogen and oxygen atoms in total. The molecule has 0 aliphatic rings. The smallest absolute Gasteiger partial charge is 0.369 e. The van der Waals surface area contributed by atoms with Crippen LogP contribution in [-0.2, 0) is 32.1 Å². The molecular weight excluding hydrogens is 481 g/mol. The van der Waals surface area contributed by atoms with Crippen LogP contribution in [0.1, 0.15) is 11.1 Å². The molecule has 1 unspecified atom stereocenters. The fraction of sp³-hybridized carbons (Fsp3) is 0.200. The van der Waals surface area contributed by atoms with E-state index in [0.29, 0.717) is 17.1 Å².